The number of nitrogens with zero attached hydrogens (tertiary/aromatic N) is 3. The molecule has 0 bridgehead atoms. The number of hydrogen-bond acceptors (Lipinski definition) is 4. The van der Waals surface area contributed by atoms with Gasteiger partial charge >= 0.3 is 0 Å². The first kappa shape index (κ1) is 11.0. The summed E-state index contributed by atoms with van der Waals surface area (Å²) in [6.07, 6.45) is 3.61. The molecule has 0 spiro atoms. The van der Waals surface area contributed by atoms with Crippen LogP contribution in [0.4, 0.5) is 5.69 Å². The summed E-state index contributed by atoms with van der Waals surface area (Å²) < 4.78 is 1.85. The van der Waals surface area contributed by atoms with Crippen molar-refractivity contribution >= 4 is 17.0 Å². The molecule has 0 fully saturated rings. The number of nitrogen functional groups attached to an aromatic ring is 1. The van der Waals surface area contributed by atoms with Crippen molar-refractivity contribution in [2.45, 2.75) is 6.54 Å². The zero-order valence-corrected chi connectivity index (χ0v) is 10.5. The minimum absolute atomic E-state index is 0.667. The van der Waals surface area contributed by atoms with Crippen LogP contribution in [0.5, 0.6) is 0 Å². The molecule has 4 nitrogen and oxygen atoms in total. The normalized spacial score (nSPS) is 10.7. The first-order valence-corrected chi connectivity index (χ1v) is 6.47. The van der Waals surface area contributed by atoms with E-state index in [9.17, 15) is 0 Å². The highest BCUT2D eigenvalue weighted by Crippen LogP contribution is 2.25. The van der Waals surface area contributed by atoms with Crippen molar-refractivity contribution in [2.24, 2.45) is 0 Å². The van der Waals surface area contributed by atoms with Crippen LogP contribution in [0, 0.1) is 0 Å². The summed E-state index contributed by atoms with van der Waals surface area (Å²) in [5, 5.41) is 7.27. The van der Waals surface area contributed by atoms with Crippen molar-refractivity contribution < 1.29 is 0 Å². The molecular formula is C13H12N4S. The topological polar surface area (TPSA) is 56.7 Å². The first-order valence-electron chi connectivity index (χ1n) is 5.59. The summed E-state index contributed by atoms with van der Waals surface area (Å²) in [7, 11) is 0. The maximum Gasteiger partial charge on any atom is 0.145 e. The number of aromatic nitrogens is 3. The van der Waals surface area contributed by atoms with Crippen LogP contribution in [0.3, 0.4) is 0 Å². The molecule has 2 heterocycles. The molecule has 0 amide bonds. The SMILES string of the molecule is Nc1cn(Cc2ccccc2)nc1-c1nccs1. The lowest BCUT2D eigenvalue weighted by Crippen LogP contribution is -1.99. The molecule has 2 aromatic heterocycles. The van der Waals surface area contributed by atoms with Crippen LogP contribution >= 0.6 is 11.3 Å². The summed E-state index contributed by atoms with van der Waals surface area (Å²) in [5.74, 6) is 0. The molecule has 3 rings (SSSR count). The van der Waals surface area contributed by atoms with Gasteiger partial charge in [-0.2, -0.15) is 5.10 Å². The molecule has 3 aromatic rings. The molecule has 0 aliphatic heterocycles. The molecule has 5 heteroatoms. The fourth-order valence-corrected chi connectivity index (χ4v) is 2.44. The quantitative estimate of drug-likeness (QED) is 0.783. The van der Waals surface area contributed by atoms with Crippen LogP contribution < -0.4 is 5.73 Å². The smallest absolute Gasteiger partial charge is 0.145 e. The average Bonchev–Trinajstić information content (AvgIpc) is 3.00. The van der Waals surface area contributed by atoms with Gasteiger partial charge in [0.15, 0.2) is 0 Å². The second-order valence-electron chi connectivity index (χ2n) is 3.95. The summed E-state index contributed by atoms with van der Waals surface area (Å²) >= 11 is 1.54. The van der Waals surface area contributed by atoms with Gasteiger partial charge in [0.1, 0.15) is 10.7 Å². The molecule has 18 heavy (non-hydrogen) atoms. The fraction of sp³-hybridized carbons (Fsp3) is 0.0769. The third-order valence-corrected chi connectivity index (χ3v) is 3.39. The number of nitrogens with two attached hydrogens (primary N) is 1. The van der Waals surface area contributed by atoms with E-state index in [0.717, 1.165) is 17.2 Å². The fourth-order valence-electron chi connectivity index (χ4n) is 1.79. The summed E-state index contributed by atoms with van der Waals surface area (Å²) in [6.45, 7) is 0.719. The second kappa shape index (κ2) is 4.62. The summed E-state index contributed by atoms with van der Waals surface area (Å²) in [5.41, 5.74) is 8.60. The Hall–Kier alpha value is -2.14. The van der Waals surface area contributed by atoms with Gasteiger partial charge in [0.05, 0.1) is 12.2 Å². The third-order valence-electron chi connectivity index (χ3n) is 2.61. The first-order chi connectivity index (χ1) is 8.83. The predicted molar refractivity (Wildman–Crippen MR) is 73.3 cm³/mol. The summed E-state index contributed by atoms with van der Waals surface area (Å²) in [4.78, 5) is 4.23. The van der Waals surface area contributed by atoms with E-state index in [4.69, 9.17) is 5.73 Å². The van der Waals surface area contributed by atoms with Gasteiger partial charge in [0.25, 0.3) is 0 Å². The van der Waals surface area contributed by atoms with Crippen molar-refractivity contribution in [3.63, 3.8) is 0 Å². The number of thiazole rings is 1. The molecule has 0 saturated heterocycles. The van der Waals surface area contributed by atoms with E-state index in [1.165, 1.54) is 5.56 Å². The molecular weight excluding hydrogens is 244 g/mol. The van der Waals surface area contributed by atoms with Gasteiger partial charge in [0.2, 0.25) is 0 Å². The van der Waals surface area contributed by atoms with Crippen molar-refractivity contribution in [1.29, 1.82) is 0 Å². The standard InChI is InChI=1S/C13H12N4S/c14-11-9-17(8-10-4-2-1-3-5-10)16-12(11)13-15-6-7-18-13/h1-7,9H,8,14H2. The number of hydrogen-bond donors (Lipinski definition) is 1. The zero-order valence-electron chi connectivity index (χ0n) is 9.65. The number of anilines is 1. The Morgan fingerprint density at radius 1 is 1.22 bits per heavy atom. The van der Waals surface area contributed by atoms with Crippen LogP contribution in [-0.4, -0.2) is 14.8 Å². The monoisotopic (exact) mass is 256 g/mol. The van der Waals surface area contributed by atoms with Gasteiger partial charge in [-0.25, -0.2) is 4.98 Å². The largest absolute Gasteiger partial charge is 0.396 e. The highest BCUT2D eigenvalue weighted by Gasteiger charge is 2.10. The van der Waals surface area contributed by atoms with Crippen molar-refractivity contribution in [2.75, 3.05) is 5.73 Å². The van der Waals surface area contributed by atoms with Crippen molar-refractivity contribution in [3.8, 4) is 10.7 Å². The van der Waals surface area contributed by atoms with Crippen LogP contribution in [-0.2, 0) is 6.54 Å². The molecule has 0 atom stereocenters. The third kappa shape index (κ3) is 2.12. The van der Waals surface area contributed by atoms with Crippen molar-refractivity contribution in [1.82, 2.24) is 14.8 Å². The maximum absolute atomic E-state index is 5.97. The molecule has 0 radical (unpaired) electrons. The van der Waals surface area contributed by atoms with Gasteiger partial charge < -0.3 is 5.73 Å². The Labute approximate surface area is 109 Å². The van der Waals surface area contributed by atoms with E-state index in [1.54, 1.807) is 17.5 Å². The number of benzene rings is 1. The highest BCUT2D eigenvalue weighted by atomic mass is 32.1. The molecule has 0 saturated carbocycles. The molecule has 2 N–H and O–H groups in total. The molecule has 1 aromatic carbocycles. The predicted octanol–water partition coefficient (Wildman–Crippen LogP) is 2.64. The summed E-state index contributed by atoms with van der Waals surface area (Å²) in [6, 6.07) is 10.2. The van der Waals surface area contributed by atoms with Crippen LogP contribution in [0.1, 0.15) is 5.56 Å². The van der Waals surface area contributed by atoms with E-state index in [1.807, 2.05) is 34.5 Å². The highest BCUT2D eigenvalue weighted by molar-refractivity contribution is 7.13. The van der Waals surface area contributed by atoms with E-state index in [2.05, 4.69) is 22.2 Å². The van der Waals surface area contributed by atoms with Gasteiger partial charge in [-0.05, 0) is 5.56 Å². The van der Waals surface area contributed by atoms with Crippen LogP contribution in [0.2, 0.25) is 0 Å². The molecule has 90 valence electrons. The average molecular weight is 256 g/mol. The van der Waals surface area contributed by atoms with Gasteiger partial charge in [0, 0.05) is 17.8 Å². The zero-order chi connectivity index (χ0) is 12.4. The Bertz CT molecular complexity index is 628. The minimum Gasteiger partial charge on any atom is -0.396 e. The lowest BCUT2D eigenvalue weighted by atomic mass is 10.2. The van der Waals surface area contributed by atoms with E-state index in [-0.39, 0.29) is 0 Å². The Balaban J connectivity index is 1.89. The van der Waals surface area contributed by atoms with Gasteiger partial charge in [-0.1, -0.05) is 30.3 Å². The van der Waals surface area contributed by atoms with E-state index >= 15 is 0 Å². The molecule has 0 aliphatic rings. The number of rotatable bonds is 3. The molecule has 0 unspecified atom stereocenters. The van der Waals surface area contributed by atoms with Crippen LogP contribution in [0.25, 0.3) is 10.7 Å². The Morgan fingerprint density at radius 3 is 2.78 bits per heavy atom. The van der Waals surface area contributed by atoms with Crippen LogP contribution in [0.15, 0.2) is 48.1 Å². The Kier molecular flexibility index (Phi) is 2.82. The second-order valence-corrected chi connectivity index (χ2v) is 4.85. The van der Waals surface area contributed by atoms with E-state index in [0.29, 0.717) is 5.69 Å². The lowest BCUT2D eigenvalue weighted by molar-refractivity contribution is 0.689. The van der Waals surface area contributed by atoms with Crippen molar-refractivity contribution in [3.05, 3.63) is 53.7 Å². The van der Waals surface area contributed by atoms with E-state index < -0.39 is 0 Å². The Morgan fingerprint density at radius 2 is 2.06 bits per heavy atom. The lowest BCUT2D eigenvalue weighted by Gasteiger charge is -2.00. The maximum atomic E-state index is 5.97. The van der Waals surface area contributed by atoms with Gasteiger partial charge in [-0.15, -0.1) is 11.3 Å². The molecule has 0 aliphatic carbocycles. The minimum atomic E-state index is 0.667. The van der Waals surface area contributed by atoms with Gasteiger partial charge in [-0.3, -0.25) is 4.68 Å².